The Morgan fingerprint density at radius 2 is 1.72 bits per heavy atom. The molecule has 0 aliphatic heterocycles. The van der Waals surface area contributed by atoms with Crippen LogP contribution in [0.25, 0.3) is 10.8 Å². The molecule has 0 aliphatic carbocycles. The van der Waals surface area contributed by atoms with E-state index in [9.17, 15) is 30.7 Å². The molecule has 16 heteroatoms. The summed E-state index contributed by atoms with van der Waals surface area (Å²) in [7, 11) is -8.70. The number of hydrogen-bond donors (Lipinski definition) is 4. The maximum atomic E-state index is 12.3. The molecular weight excluding hydrogens is 538 g/mol. The van der Waals surface area contributed by atoms with Gasteiger partial charge in [0.2, 0.25) is 0 Å². The second-order valence-electron chi connectivity index (χ2n) is 7.07. The minimum absolute atomic E-state index is 0.0957. The second-order valence-corrected chi connectivity index (χ2v) is 11.2. The number of phenolic OH excluding ortho intramolecular Hbond substituents is 1. The highest BCUT2D eigenvalue weighted by molar-refractivity contribution is 7.91. The molecular formula is C20H19N3O10S3. The van der Waals surface area contributed by atoms with Crippen LogP contribution in [0.4, 0.5) is 11.4 Å². The van der Waals surface area contributed by atoms with E-state index in [1.807, 2.05) is 0 Å². The van der Waals surface area contributed by atoms with Crippen LogP contribution in [0.15, 0.2) is 68.6 Å². The average molecular weight is 558 g/mol. The van der Waals surface area contributed by atoms with Crippen molar-refractivity contribution in [2.45, 2.75) is 16.4 Å². The zero-order chi connectivity index (χ0) is 26.5. The fourth-order valence-corrected chi connectivity index (χ4v) is 5.07. The van der Waals surface area contributed by atoms with Gasteiger partial charge in [0.25, 0.3) is 0 Å². The number of nitrogens with one attached hydrogen (secondary N) is 1. The van der Waals surface area contributed by atoms with Crippen LogP contribution in [0.3, 0.4) is 0 Å². The number of azo groups is 1. The lowest BCUT2D eigenvalue weighted by atomic mass is 10.1. The zero-order valence-electron chi connectivity index (χ0n) is 18.1. The summed E-state index contributed by atoms with van der Waals surface area (Å²) in [5.41, 5.74) is 0.552. The minimum Gasteiger partial charge on any atom is -0.505 e. The van der Waals surface area contributed by atoms with Crippen molar-refractivity contribution in [3.05, 3.63) is 54.1 Å². The van der Waals surface area contributed by atoms with Crippen LogP contribution >= 0.6 is 0 Å². The Kier molecular flexibility index (Phi) is 8.49. The highest BCUT2D eigenvalue weighted by Gasteiger charge is 2.18. The molecule has 0 saturated heterocycles. The summed E-state index contributed by atoms with van der Waals surface area (Å²) in [4.78, 5) is -0.388. The molecule has 0 spiro atoms. The zero-order valence-corrected chi connectivity index (χ0v) is 20.6. The van der Waals surface area contributed by atoms with Crippen molar-refractivity contribution in [1.82, 2.24) is 0 Å². The summed E-state index contributed by atoms with van der Waals surface area (Å²) in [6.07, 6.45) is 0.777. The van der Waals surface area contributed by atoms with Gasteiger partial charge >= 0.3 is 10.4 Å². The van der Waals surface area contributed by atoms with Gasteiger partial charge in [-0.1, -0.05) is 12.1 Å². The van der Waals surface area contributed by atoms with E-state index in [1.165, 1.54) is 30.3 Å². The number of benzene rings is 3. The Labute approximate surface area is 208 Å². The Bertz CT molecular complexity index is 1550. The van der Waals surface area contributed by atoms with E-state index in [0.29, 0.717) is 16.3 Å². The molecule has 3 rings (SSSR count). The monoisotopic (exact) mass is 557 g/mol. The predicted molar refractivity (Wildman–Crippen MR) is 128 cm³/mol. The normalized spacial score (nSPS) is 13.2. The Hall–Kier alpha value is -3.28. The van der Waals surface area contributed by atoms with Gasteiger partial charge in [-0.25, -0.2) is 16.8 Å². The van der Waals surface area contributed by atoms with E-state index < -0.39 is 49.4 Å². The highest BCUT2D eigenvalue weighted by Crippen LogP contribution is 2.41. The maximum Gasteiger partial charge on any atom is 0.397 e. The molecule has 4 N–H and O–H groups in total. The van der Waals surface area contributed by atoms with Gasteiger partial charge in [-0.15, -0.1) is 5.11 Å². The van der Waals surface area contributed by atoms with Crippen molar-refractivity contribution in [3.63, 3.8) is 0 Å². The molecule has 0 aliphatic rings. The van der Waals surface area contributed by atoms with E-state index >= 15 is 0 Å². The van der Waals surface area contributed by atoms with Crippen molar-refractivity contribution in [2.24, 2.45) is 10.2 Å². The van der Waals surface area contributed by atoms with Crippen LogP contribution in [-0.2, 0) is 46.8 Å². The number of nitrogens with zero attached hydrogens (tertiary/aromatic N) is 2. The van der Waals surface area contributed by atoms with Crippen molar-refractivity contribution in [1.29, 1.82) is 5.41 Å². The molecule has 1 unspecified atom stereocenters. The molecule has 3 aromatic carbocycles. The van der Waals surface area contributed by atoms with Gasteiger partial charge in [-0.3, -0.25) is 9.96 Å². The van der Waals surface area contributed by atoms with Crippen molar-refractivity contribution >= 4 is 59.9 Å². The number of rotatable bonds is 11. The maximum absolute atomic E-state index is 12.3. The number of fused-ring (bicyclic) bond motifs is 1. The smallest absolute Gasteiger partial charge is 0.397 e. The van der Waals surface area contributed by atoms with Crippen LogP contribution in [0.5, 0.6) is 5.75 Å². The molecule has 0 amide bonds. The topological polar surface area (TPSA) is 213 Å². The van der Waals surface area contributed by atoms with Gasteiger partial charge in [0.15, 0.2) is 33.1 Å². The van der Waals surface area contributed by atoms with Gasteiger partial charge in [0.05, 0.1) is 27.8 Å². The molecule has 36 heavy (non-hydrogen) atoms. The summed E-state index contributed by atoms with van der Waals surface area (Å²) < 4.78 is 84.7. The number of hydrogen-bond acceptors (Lipinski definition) is 11. The third-order valence-corrected chi connectivity index (χ3v) is 7.53. The largest absolute Gasteiger partial charge is 0.505 e. The van der Waals surface area contributed by atoms with E-state index in [-0.39, 0.29) is 27.8 Å². The second kappa shape index (κ2) is 11.2. The lowest BCUT2D eigenvalue weighted by Gasteiger charge is -2.10. The fourth-order valence-electron chi connectivity index (χ4n) is 3.05. The molecule has 0 saturated carbocycles. The predicted octanol–water partition coefficient (Wildman–Crippen LogP) is 3.26. The average Bonchev–Trinajstić information content (AvgIpc) is 2.81. The summed E-state index contributed by atoms with van der Waals surface area (Å²) >= 11 is -2.53. The minimum atomic E-state index is -4.77. The van der Waals surface area contributed by atoms with E-state index in [1.54, 1.807) is 18.2 Å². The number of aromatic hydroxyl groups is 1. The Balaban J connectivity index is 1.88. The quantitative estimate of drug-likeness (QED) is 0.0887. The summed E-state index contributed by atoms with van der Waals surface area (Å²) in [5.74, 6) is -1.11. The first-order valence-electron chi connectivity index (χ1n) is 9.77. The van der Waals surface area contributed by atoms with Crippen LogP contribution in [-0.4, -0.2) is 54.0 Å². The molecule has 0 bridgehead atoms. The van der Waals surface area contributed by atoms with Gasteiger partial charge in [0.1, 0.15) is 12.3 Å². The molecule has 0 aromatic heterocycles. The number of ether oxygens (including phenoxy) is 1. The van der Waals surface area contributed by atoms with E-state index in [4.69, 9.17) is 14.7 Å². The van der Waals surface area contributed by atoms with Gasteiger partial charge in [-0.2, -0.15) is 13.5 Å². The standard InChI is InChI=1S/C20H19N3O10S3/c21-12-32-11-13-1-6-17-14(9-13)10-18(34(25)26)19(20(17)24)23-22-15-2-4-16(5-3-15)35(27,28)8-7-33-36(29,30)31/h1-6,9-10,12,21,24H,7-8,11H2,(H,25,26)(H,29,30,31). The molecule has 0 heterocycles. The first-order chi connectivity index (χ1) is 16.9. The lowest BCUT2D eigenvalue weighted by molar-refractivity contribution is 0.284. The van der Waals surface area contributed by atoms with Crippen LogP contribution in [0.2, 0.25) is 0 Å². The Morgan fingerprint density at radius 3 is 2.33 bits per heavy atom. The van der Waals surface area contributed by atoms with E-state index in [2.05, 4.69) is 14.4 Å². The van der Waals surface area contributed by atoms with Gasteiger partial charge < -0.3 is 14.4 Å². The highest BCUT2D eigenvalue weighted by atomic mass is 32.3. The molecule has 192 valence electrons. The van der Waals surface area contributed by atoms with E-state index in [0.717, 1.165) is 6.40 Å². The number of sulfone groups is 1. The van der Waals surface area contributed by atoms with Crippen molar-refractivity contribution < 1.29 is 44.2 Å². The van der Waals surface area contributed by atoms with Gasteiger partial charge in [0, 0.05) is 5.39 Å². The lowest BCUT2D eigenvalue weighted by Crippen LogP contribution is -2.15. The van der Waals surface area contributed by atoms with Crippen molar-refractivity contribution in [2.75, 3.05) is 12.4 Å². The van der Waals surface area contributed by atoms with Gasteiger partial charge in [-0.05, 0) is 47.3 Å². The Morgan fingerprint density at radius 1 is 1.03 bits per heavy atom. The third-order valence-electron chi connectivity index (χ3n) is 4.68. The third kappa shape index (κ3) is 6.90. The molecule has 0 fully saturated rings. The summed E-state index contributed by atoms with van der Waals surface area (Å²) in [6, 6.07) is 11.1. The SMILES string of the molecule is N=COCc1ccc2c(O)c(N=Nc3ccc(S(=O)(=O)CCOS(=O)(=O)O)cc3)c(S(=O)O)cc2c1. The summed E-state index contributed by atoms with van der Waals surface area (Å²) in [5, 5.41) is 26.2. The summed E-state index contributed by atoms with van der Waals surface area (Å²) in [6.45, 7) is -0.680. The van der Waals surface area contributed by atoms with Crippen LogP contribution < -0.4 is 0 Å². The first kappa shape index (κ1) is 27.3. The molecule has 13 nitrogen and oxygen atoms in total. The number of phenols is 1. The van der Waals surface area contributed by atoms with Crippen LogP contribution in [0.1, 0.15) is 5.56 Å². The molecule has 3 aromatic rings. The first-order valence-corrected chi connectivity index (χ1v) is 13.9. The fraction of sp³-hybridized carbons (Fsp3) is 0.150. The molecule has 0 radical (unpaired) electrons. The van der Waals surface area contributed by atoms with Crippen molar-refractivity contribution in [3.8, 4) is 5.75 Å². The van der Waals surface area contributed by atoms with Crippen LogP contribution in [0, 0.1) is 5.41 Å². The molecule has 1 atom stereocenters.